The Hall–Kier alpha value is -3.22. The lowest BCUT2D eigenvalue weighted by atomic mass is 10.2. The van der Waals surface area contributed by atoms with E-state index in [0.717, 1.165) is 0 Å². The van der Waals surface area contributed by atoms with Crippen LogP contribution in [0.3, 0.4) is 0 Å². The number of nitrogens with one attached hydrogen (secondary N) is 2. The maximum absolute atomic E-state index is 13.6. The molecule has 0 aliphatic heterocycles. The number of rotatable bonds is 6. The first-order valence-corrected chi connectivity index (χ1v) is 8.07. The highest BCUT2D eigenvalue weighted by Crippen LogP contribution is 2.20. The molecule has 2 N–H and O–H groups in total. The van der Waals surface area contributed by atoms with Crippen molar-refractivity contribution in [3.8, 4) is 0 Å². The second-order valence-electron chi connectivity index (χ2n) is 5.68. The number of para-hydroxylation sites is 1. The van der Waals surface area contributed by atoms with Crippen LogP contribution in [0.25, 0.3) is 0 Å². The molecule has 2 aromatic rings. The fourth-order valence-corrected chi connectivity index (χ4v) is 2.41. The lowest BCUT2D eigenvalue weighted by Gasteiger charge is -2.21. The molecule has 0 fully saturated rings. The summed E-state index contributed by atoms with van der Waals surface area (Å²) >= 11 is 0. The number of nitrogens with zero attached hydrogens (tertiary/aromatic N) is 1. The van der Waals surface area contributed by atoms with Gasteiger partial charge in [0.05, 0.1) is 5.69 Å². The molecule has 0 atom stereocenters. The third kappa shape index (κ3) is 5.41. The SMILES string of the molecule is CC(=O)Nc1cccc(N(CCC(=O)Nc2ccccc2F)C(C)=O)c1. The summed E-state index contributed by atoms with van der Waals surface area (Å²) in [6.07, 6.45) is -0.00171. The summed E-state index contributed by atoms with van der Waals surface area (Å²) in [7, 11) is 0. The number of hydrogen-bond acceptors (Lipinski definition) is 3. The van der Waals surface area contributed by atoms with Crippen LogP contribution in [-0.2, 0) is 14.4 Å². The lowest BCUT2D eigenvalue weighted by molar-refractivity contribution is -0.117. The van der Waals surface area contributed by atoms with Gasteiger partial charge in [-0.3, -0.25) is 14.4 Å². The fourth-order valence-electron chi connectivity index (χ4n) is 2.41. The minimum Gasteiger partial charge on any atom is -0.326 e. The van der Waals surface area contributed by atoms with Gasteiger partial charge in [-0.25, -0.2) is 4.39 Å². The van der Waals surface area contributed by atoms with E-state index in [4.69, 9.17) is 0 Å². The molecule has 136 valence electrons. The molecule has 7 heteroatoms. The van der Waals surface area contributed by atoms with Crippen LogP contribution in [0.1, 0.15) is 20.3 Å². The van der Waals surface area contributed by atoms with Gasteiger partial charge in [0.2, 0.25) is 17.7 Å². The van der Waals surface area contributed by atoms with E-state index in [1.54, 1.807) is 30.3 Å². The van der Waals surface area contributed by atoms with Crippen LogP contribution in [-0.4, -0.2) is 24.3 Å². The average molecular weight is 357 g/mol. The number of amides is 3. The molecule has 0 bridgehead atoms. The van der Waals surface area contributed by atoms with Crippen LogP contribution in [0.4, 0.5) is 21.5 Å². The van der Waals surface area contributed by atoms with Gasteiger partial charge in [0.1, 0.15) is 5.82 Å². The Bertz CT molecular complexity index is 823. The van der Waals surface area contributed by atoms with Crippen molar-refractivity contribution < 1.29 is 18.8 Å². The highest BCUT2D eigenvalue weighted by molar-refractivity contribution is 5.96. The predicted octanol–water partition coefficient (Wildman–Crippen LogP) is 3.17. The van der Waals surface area contributed by atoms with Crippen molar-refractivity contribution in [2.45, 2.75) is 20.3 Å². The molecule has 3 amide bonds. The number of hydrogen-bond donors (Lipinski definition) is 2. The van der Waals surface area contributed by atoms with Crippen LogP contribution in [0.5, 0.6) is 0 Å². The molecule has 26 heavy (non-hydrogen) atoms. The molecule has 0 aromatic heterocycles. The van der Waals surface area contributed by atoms with E-state index in [2.05, 4.69) is 10.6 Å². The molecule has 0 saturated heterocycles. The van der Waals surface area contributed by atoms with Crippen molar-refractivity contribution in [1.82, 2.24) is 0 Å². The molecule has 2 rings (SSSR count). The molecular weight excluding hydrogens is 337 g/mol. The fraction of sp³-hybridized carbons (Fsp3) is 0.211. The summed E-state index contributed by atoms with van der Waals surface area (Å²) in [5, 5.41) is 5.13. The maximum Gasteiger partial charge on any atom is 0.226 e. The van der Waals surface area contributed by atoms with Crippen LogP contribution >= 0.6 is 0 Å². The van der Waals surface area contributed by atoms with Gasteiger partial charge in [0.25, 0.3) is 0 Å². The summed E-state index contributed by atoms with van der Waals surface area (Å²) in [6, 6.07) is 12.6. The molecule has 2 aromatic carbocycles. The van der Waals surface area contributed by atoms with E-state index in [0.29, 0.717) is 11.4 Å². The Morgan fingerprint density at radius 2 is 1.73 bits per heavy atom. The molecule has 0 spiro atoms. The van der Waals surface area contributed by atoms with Gasteiger partial charge < -0.3 is 15.5 Å². The summed E-state index contributed by atoms with van der Waals surface area (Å²) < 4.78 is 13.6. The Balaban J connectivity index is 2.04. The molecule has 0 heterocycles. The van der Waals surface area contributed by atoms with Crippen molar-refractivity contribution >= 4 is 34.8 Å². The Morgan fingerprint density at radius 1 is 1.00 bits per heavy atom. The summed E-state index contributed by atoms with van der Waals surface area (Å²) in [6.45, 7) is 2.90. The van der Waals surface area contributed by atoms with E-state index in [9.17, 15) is 18.8 Å². The van der Waals surface area contributed by atoms with Gasteiger partial charge in [-0.2, -0.15) is 0 Å². The zero-order valence-electron chi connectivity index (χ0n) is 14.6. The van der Waals surface area contributed by atoms with Crippen molar-refractivity contribution in [3.63, 3.8) is 0 Å². The third-order valence-electron chi connectivity index (χ3n) is 3.57. The second kappa shape index (κ2) is 8.75. The molecular formula is C19H20FN3O3. The summed E-state index contributed by atoms with van der Waals surface area (Å²) in [5.74, 6) is -1.39. The van der Waals surface area contributed by atoms with Crippen LogP contribution in [0.15, 0.2) is 48.5 Å². The minimum absolute atomic E-state index is 0.00171. The lowest BCUT2D eigenvalue weighted by Crippen LogP contribution is -2.32. The topological polar surface area (TPSA) is 78.5 Å². The first-order chi connectivity index (χ1) is 12.4. The van der Waals surface area contributed by atoms with Crippen molar-refractivity contribution in [2.75, 3.05) is 22.1 Å². The largest absolute Gasteiger partial charge is 0.326 e. The molecule has 6 nitrogen and oxygen atoms in total. The number of anilines is 3. The van der Waals surface area contributed by atoms with Crippen molar-refractivity contribution in [2.24, 2.45) is 0 Å². The summed E-state index contributed by atoms with van der Waals surface area (Å²) in [4.78, 5) is 36.6. The Kier molecular flexibility index (Phi) is 6.43. The molecule has 0 saturated carbocycles. The molecule has 0 radical (unpaired) electrons. The van der Waals surface area contributed by atoms with E-state index in [1.807, 2.05) is 0 Å². The van der Waals surface area contributed by atoms with Gasteiger partial charge in [0, 0.05) is 38.2 Å². The first kappa shape index (κ1) is 19.1. The van der Waals surface area contributed by atoms with Crippen LogP contribution in [0, 0.1) is 5.82 Å². The van der Waals surface area contributed by atoms with Crippen molar-refractivity contribution in [3.05, 3.63) is 54.3 Å². The second-order valence-corrected chi connectivity index (χ2v) is 5.68. The van der Waals surface area contributed by atoms with Crippen molar-refractivity contribution in [1.29, 1.82) is 0 Å². The first-order valence-electron chi connectivity index (χ1n) is 8.07. The van der Waals surface area contributed by atoms with Gasteiger partial charge in [0.15, 0.2) is 0 Å². The highest BCUT2D eigenvalue weighted by Gasteiger charge is 2.15. The third-order valence-corrected chi connectivity index (χ3v) is 3.57. The number of carbonyl (C=O) groups excluding carboxylic acids is 3. The molecule has 0 aliphatic carbocycles. The van der Waals surface area contributed by atoms with Crippen LogP contribution in [0.2, 0.25) is 0 Å². The molecule has 0 unspecified atom stereocenters. The zero-order chi connectivity index (χ0) is 19.1. The van der Waals surface area contributed by atoms with Crippen LogP contribution < -0.4 is 15.5 Å². The minimum atomic E-state index is -0.521. The van der Waals surface area contributed by atoms with Gasteiger partial charge in [-0.1, -0.05) is 18.2 Å². The zero-order valence-corrected chi connectivity index (χ0v) is 14.6. The molecule has 0 aliphatic rings. The standard InChI is InChI=1S/C19H20FN3O3/c1-13(24)21-15-6-5-7-16(12-15)23(14(2)25)11-10-19(26)22-18-9-4-3-8-17(18)20/h3-9,12H,10-11H2,1-2H3,(H,21,24)(H,22,26). The highest BCUT2D eigenvalue weighted by atomic mass is 19.1. The normalized spacial score (nSPS) is 10.1. The van der Waals surface area contributed by atoms with Gasteiger partial charge in [-0.05, 0) is 30.3 Å². The monoisotopic (exact) mass is 357 g/mol. The number of carbonyl (C=O) groups is 3. The van der Waals surface area contributed by atoms with E-state index in [-0.39, 0.29) is 30.5 Å². The van der Waals surface area contributed by atoms with E-state index >= 15 is 0 Å². The van der Waals surface area contributed by atoms with E-state index in [1.165, 1.54) is 36.9 Å². The Labute approximate surface area is 151 Å². The van der Waals surface area contributed by atoms with Gasteiger partial charge >= 0.3 is 0 Å². The average Bonchev–Trinajstić information content (AvgIpc) is 2.56. The number of benzene rings is 2. The number of halogens is 1. The summed E-state index contributed by atoms with van der Waals surface area (Å²) in [5.41, 5.74) is 1.21. The van der Waals surface area contributed by atoms with Gasteiger partial charge in [-0.15, -0.1) is 0 Å². The Morgan fingerprint density at radius 3 is 2.38 bits per heavy atom. The smallest absolute Gasteiger partial charge is 0.226 e. The predicted molar refractivity (Wildman–Crippen MR) is 98.4 cm³/mol. The van der Waals surface area contributed by atoms with E-state index < -0.39 is 11.7 Å². The quantitative estimate of drug-likeness (QED) is 0.833. The maximum atomic E-state index is 13.6.